The smallest absolute Gasteiger partial charge is 0.0992 e. The van der Waals surface area contributed by atoms with Gasteiger partial charge in [0.2, 0.25) is 0 Å². The van der Waals surface area contributed by atoms with Gasteiger partial charge in [0, 0.05) is 0 Å². The Hall–Kier alpha value is -2.69. The highest BCUT2D eigenvalue weighted by Crippen LogP contribution is 2.29. The van der Waals surface area contributed by atoms with E-state index in [-0.39, 0.29) is 0 Å². The first kappa shape index (κ1) is 12.8. The largest absolute Gasteiger partial charge is 0.397 e. The molecule has 0 aliphatic carbocycles. The molecule has 0 aliphatic heterocycles. The zero-order chi connectivity index (χ0) is 13.8. The lowest BCUT2D eigenvalue weighted by molar-refractivity contribution is 1.46. The summed E-state index contributed by atoms with van der Waals surface area (Å²) in [6.07, 6.45) is 0. The number of nitrogens with two attached hydrogens (primary N) is 1. The molecule has 0 heterocycles. The fraction of sp³-hybridized carbons (Fsp3) is 0. The molecule has 0 saturated heterocycles. The molecule has 0 radical (unpaired) electrons. The maximum atomic E-state index is 8.86. The minimum atomic E-state index is 0.442. The molecular formula is C14H9ClN4. The second kappa shape index (κ2) is 5.30. The molecular weight excluding hydrogens is 260 g/mol. The predicted octanol–water partition coefficient (Wildman–Crippen LogP) is 3.41. The van der Waals surface area contributed by atoms with E-state index in [1.165, 1.54) is 0 Å². The minimum Gasteiger partial charge on any atom is -0.397 e. The van der Waals surface area contributed by atoms with Gasteiger partial charge in [-0.1, -0.05) is 11.6 Å². The fourth-order valence-corrected chi connectivity index (χ4v) is 1.75. The summed E-state index contributed by atoms with van der Waals surface area (Å²) in [6.45, 7) is 0. The second-order valence-electron chi connectivity index (χ2n) is 3.85. The molecule has 19 heavy (non-hydrogen) atoms. The standard InChI is InChI=1S/C14H9ClN4/c15-11-3-1-10(8-17)6-14(11)19-13-4-2-9(7-16)5-12(13)18/h1-6,19H,18H2. The zero-order valence-electron chi connectivity index (χ0n) is 9.81. The van der Waals surface area contributed by atoms with Crippen LogP contribution in [0.25, 0.3) is 0 Å². The fourth-order valence-electron chi connectivity index (χ4n) is 1.58. The highest BCUT2D eigenvalue weighted by molar-refractivity contribution is 6.33. The van der Waals surface area contributed by atoms with Crippen molar-refractivity contribution in [3.8, 4) is 12.1 Å². The Bertz CT molecular complexity index is 710. The van der Waals surface area contributed by atoms with Crippen molar-refractivity contribution >= 4 is 28.7 Å². The first-order chi connectivity index (χ1) is 9.13. The van der Waals surface area contributed by atoms with Crippen molar-refractivity contribution in [1.29, 1.82) is 10.5 Å². The van der Waals surface area contributed by atoms with Crippen LogP contribution in [0.4, 0.5) is 17.1 Å². The van der Waals surface area contributed by atoms with Crippen LogP contribution in [0, 0.1) is 22.7 Å². The molecule has 0 spiro atoms. The number of halogens is 1. The second-order valence-corrected chi connectivity index (χ2v) is 4.25. The molecule has 0 fully saturated rings. The Balaban J connectivity index is 2.37. The third-order valence-corrected chi connectivity index (χ3v) is 2.88. The van der Waals surface area contributed by atoms with E-state index in [0.717, 1.165) is 0 Å². The van der Waals surface area contributed by atoms with Crippen LogP contribution in [0.2, 0.25) is 5.02 Å². The molecule has 0 aliphatic rings. The number of nitrogens with one attached hydrogen (secondary N) is 1. The molecule has 0 saturated carbocycles. The third-order valence-electron chi connectivity index (χ3n) is 2.55. The number of nitrogen functional groups attached to an aromatic ring is 1. The van der Waals surface area contributed by atoms with Crippen LogP contribution < -0.4 is 11.1 Å². The van der Waals surface area contributed by atoms with Gasteiger partial charge < -0.3 is 11.1 Å². The molecule has 5 heteroatoms. The lowest BCUT2D eigenvalue weighted by atomic mass is 10.1. The van der Waals surface area contributed by atoms with E-state index >= 15 is 0 Å². The summed E-state index contributed by atoms with van der Waals surface area (Å²) in [7, 11) is 0. The van der Waals surface area contributed by atoms with Crippen molar-refractivity contribution in [3.05, 3.63) is 52.5 Å². The highest BCUT2D eigenvalue weighted by atomic mass is 35.5. The Kier molecular flexibility index (Phi) is 3.56. The predicted molar refractivity (Wildman–Crippen MR) is 75.0 cm³/mol. The topological polar surface area (TPSA) is 85.6 Å². The van der Waals surface area contributed by atoms with E-state index in [4.69, 9.17) is 27.9 Å². The van der Waals surface area contributed by atoms with E-state index in [9.17, 15) is 0 Å². The quantitative estimate of drug-likeness (QED) is 0.817. The zero-order valence-corrected chi connectivity index (χ0v) is 10.6. The summed E-state index contributed by atoms with van der Waals surface area (Å²) >= 11 is 6.05. The van der Waals surface area contributed by atoms with Gasteiger partial charge in [0.05, 0.1) is 45.4 Å². The molecule has 0 bridgehead atoms. The van der Waals surface area contributed by atoms with Crippen LogP contribution in [0.1, 0.15) is 11.1 Å². The molecule has 3 N–H and O–H groups in total. The van der Waals surface area contributed by atoms with Crippen LogP contribution in [0.3, 0.4) is 0 Å². The van der Waals surface area contributed by atoms with E-state index in [0.29, 0.717) is 33.2 Å². The summed E-state index contributed by atoms with van der Waals surface area (Å²) < 4.78 is 0. The molecule has 2 aromatic rings. The van der Waals surface area contributed by atoms with Crippen LogP contribution in [-0.4, -0.2) is 0 Å². The number of benzene rings is 2. The normalized spacial score (nSPS) is 9.42. The SMILES string of the molecule is N#Cc1ccc(Nc2cc(C#N)ccc2Cl)c(N)c1. The van der Waals surface area contributed by atoms with Crippen LogP contribution in [0.15, 0.2) is 36.4 Å². The molecule has 0 unspecified atom stereocenters. The van der Waals surface area contributed by atoms with Gasteiger partial charge in [-0.2, -0.15) is 10.5 Å². The van der Waals surface area contributed by atoms with Crippen molar-refractivity contribution in [2.45, 2.75) is 0 Å². The Labute approximate surface area is 115 Å². The van der Waals surface area contributed by atoms with Crippen molar-refractivity contribution < 1.29 is 0 Å². The van der Waals surface area contributed by atoms with E-state index in [1.54, 1.807) is 36.4 Å². The van der Waals surface area contributed by atoms with E-state index in [2.05, 4.69) is 5.32 Å². The Morgan fingerprint density at radius 3 is 2.21 bits per heavy atom. The van der Waals surface area contributed by atoms with Gasteiger partial charge in [-0.25, -0.2) is 0 Å². The van der Waals surface area contributed by atoms with Crippen molar-refractivity contribution in [1.82, 2.24) is 0 Å². The molecule has 0 atom stereocenters. The van der Waals surface area contributed by atoms with Crippen LogP contribution in [-0.2, 0) is 0 Å². The number of hydrogen-bond donors (Lipinski definition) is 2. The summed E-state index contributed by atoms with van der Waals surface area (Å²) in [5, 5.41) is 21.2. The van der Waals surface area contributed by atoms with E-state index in [1.807, 2.05) is 12.1 Å². The molecule has 2 rings (SSSR count). The van der Waals surface area contributed by atoms with Gasteiger partial charge in [0.15, 0.2) is 0 Å². The van der Waals surface area contributed by atoms with Crippen molar-refractivity contribution in [2.75, 3.05) is 11.1 Å². The summed E-state index contributed by atoms with van der Waals surface area (Å²) in [5.41, 5.74) is 8.50. The number of nitriles is 2. The van der Waals surface area contributed by atoms with Gasteiger partial charge in [0.1, 0.15) is 0 Å². The summed E-state index contributed by atoms with van der Waals surface area (Å²) in [5.74, 6) is 0. The van der Waals surface area contributed by atoms with Crippen LogP contribution >= 0.6 is 11.6 Å². The molecule has 4 nitrogen and oxygen atoms in total. The molecule has 2 aromatic carbocycles. The summed E-state index contributed by atoms with van der Waals surface area (Å²) in [4.78, 5) is 0. The average molecular weight is 269 g/mol. The molecule has 0 amide bonds. The molecule has 92 valence electrons. The lowest BCUT2D eigenvalue weighted by Gasteiger charge is -2.11. The Morgan fingerprint density at radius 2 is 1.58 bits per heavy atom. The highest BCUT2D eigenvalue weighted by Gasteiger charge is 2.05. The van der Waals surface area contributed by atoms with Crippen LogP contribution in [0.5, 0.6) is 0 Å². The summed E-state index contributed by atoms with van der Waals surface area (Å²) in [6, 6.07) is 13.9. The van der Waals surface area contributed by atoms with Gasteiger partial charge in [-0.15, -0.1) is 0 Å². The van der Waals surface area contributed by atoms with Gasteiger partial charge in [-0.3, -0.25) is 0 Å². The first-order valence-corrected chi connectivity index (χ1v) is 5.78. The van der Waals surface area contributed by atoms with E-state index < -0.39 is 0 Å². The maximum Gasteiger partial charge on any atom is 0.0992 e. The average Bonchev–Trinajstić information content (AvgIpc) is 2.43. The third kappa shape index (κ3) is 2.77. The van der Waals surface area contributed by atoms with Crippen molar-refractivity contribution in [3.63, 3.8) is 0 Å². The number of rotatable bonds is 2. The van der Waals surface area contributed by atoms with Crippen molar-refractivity contribution in [2.24, 2.45) is 0 Å². The van der Waals surface area contributed by atoms with Gasteiger partial charge in [0.25, 0.3) is 0 Å². The lowest BCUT2D eigenvalue weighted by Crippen LogP contribution is -1.97. The molecule has 0 aromatic heterocycles. The Morgan fingerprint density at radius 1 is 0.947 bits per heavy atom. The minimum absolute atomic E-state index is 0.442. The number of hydrogen-bond acceptors (Lipinski definition) is 4. The first-order valence-electron chi connectivity index (χ1n) is 5.40. The maximum absolute atomic E-state index is 8.86. The monoisotopic (exact) mass is 268 g/mol. The number of anilines is 3. The van der Waals surface area contributed by atoms with Gasteiger partial charge in [-0.05, 0) is 36.4 Å². The number of nitrogens with zero attached hydrogens (tertiary/aromatic N) is 2. The van der Waals surface area contributed by atoms with Gasteiger partial charge >= 0.3 is 0 Å².